The van der Waals surface area contributed by atoms with Gasteiger partial charge in [0.2, 0.25) is 0 Å². The highest BCUT2D eigenvalue weighted by molar-refractivity contribution is 14.0. The van der Waals surface area contributed by atoms with Gasteiger partial charge >= 0.3 is 0 Å². The van der Waals surface area contributed by atoms with Crippen molar-refractivity contribution in [2.45, 2.75) is 71.6 Å². The van der Waals surface area contributed by atoms with Gasteiger partial charge in [-0.15, -0.1) is 24.0 Å². The molecule has 2 aromatic rings. The SMILES string of the molecule is CCCC(O)(CCC)CNC(=NCc1nccn1CCc1ccccc1)NCC.I. The van der Waals surface area contributed by atoms with Crippen LogP contribution >= 0.6 is 24.0 Å². The number of guanidine groups is 1. The third-order valence-corrected chi connectivity index (χ3v) is 5.02. The van der Waals surface area contributed by atoms with Crippen LogP contribution in [0, 0.1) is 0 Å². The van der Waals surface area contributed by atoms with E-state index in [0.29, 0.717) is 13.1 Å². The second kappa shape index (κ2) is 14.4. The minimum absolute atomic E-state index is 0. The quantitative estimate of drug-likeness (QED) is 0.221. The average molecular weight is 527 g/mol. The van der Waals surface area contributed by atoms with Gasteiger partial charge in [-0.05, 0) is 31.7 Å². The second-order valence-electron chi connectivity index (χ2n) is 7.55. The van der Waals surface area contributed by atoms with E-state index in [-0.39, 0.29) is 24.0 Å². The van der Waals surface area contributed by atoms with Crippen LogP contribution in [0.15, 0.2) is 47.7 Å². The first-order chi connectivity index (χ1) is 14.1. The summed E-state index contributed by atoms with van der Waals surface area (Å²) in [5, 5.41) is 17.4. The Morgan fingerprint density at radius 1 is 1.10 bits per heavy atom. The molecule has 0 fully saturated rings. The molecular weight excluding hydrogens is 489 g/mol. The van der Waals surface area contributed by atoms with Crippen molar-refractivity contribution in [3.05, 3.63) is 54.1 Å². The molecule has 6 nitrogen and oxygen atoms in total. The number of aliphatic imine (C=N–C) groups is 1. The molecule has 0 radical (unpaired) electrons. The van der Waals surface area contributed by atoms with Crippen LogP contribution in [0.4, 0.5) is 0 Å². The molecule has 1 heterocycles. The van der Waals surface area contributed by atoms with Crippen LogP contribution in [0.2, 0.25) is 0 Å². The Bertz CT molecular complexity index is 726. The van der Waals surface area contributed by atoms with E-state index in [1.807, 2.05) is 25.4 Å². The number of imidazole rings is 1. The fourth-order valence-corrected chi connectivity index (χ4v) is 3.56. The average Bonchev–Trinajstić information content (AvgIpc) is 3.17. The molecule has 30 heavy (non-hydrogen) atoms. The van der Waals surface area contributed by atoms with Crippen molar-refractivity contribution in [3.63, 3.8) is 0 Å². The Morgan fingerprint density at radius 3 is 2.43 bits per heavy atom. The number of hydrogen-bond donors (Lipinski definition) is 3. The molecule has 7 heteroatoms. The lowest BCUT2D eigenvalue weighted by atomic mass is 9.93. The summed E-state index contributed by atoms with van der Waals surface area (Å²) in [6.45, 7) is 8.91. The molecule has 3 N–H and O–H groups in total. The van der Waals surface area contributed by atoms with Crippen molar-refractivity contribution < 1.29 is 5.11 Å². The Morgan fingerprint density at radius 2 is 1.80 bits per heavy atom. The summed E-state index contributed by atoms with van der Waals surface area (Å²) in [4.78, 5) is 9.17. The normalized spacial score (nSPS) is 11.8. The fraction of sp³-hybridized carbons (Fsp3) is 0.565. The van der Waals surface area contributed by atoms with E-state index in [0.717, 1.165) is 57.0 Å². The van der Waals surface area contributed by atoms with Gasteiger partial charge in [-0.3, -0.25) is 0 Å². The summed E-state index contributed by atoms with van der Waals surface area (Å²) in [6.07, 6.45) is 8.31. The zero-order valence-electron chi connectivity index (χ0n) is 18.6. The van der Waals surface area contributed by atoms with Crippen molar-refractivity contribution in [1.82, 2.24) is 20.2 Å². The van der Waals surface area contributed by atoms with Gasteiger partial charge in [-0.1, -0.05) is 57.0 Å². The molecule has 2 rings (SSSR count). The first-order valence-corrected chi connectivity index (χ1v) is 10.9. The van der Waals surface area contributed by atoms with Crippen molar-refractivity contribution in [1.29, 1.82) is 0 Å². The van der Waals surface area contributed by atoms with E-state index < -0.39 is 5.60 Å². The van der Waals surface area contributed by atoms with Crippen LogP contribution < -0.4 is 10.6 Å². The summed E-state index contributed by atoms with van der Waals surface area (Å²) in [7, 11) is 0. The van der Waals surface area contributed by atoms with E-state index in [2.05, 4.69) is 58.3 Å². The zero-order valence-corrected chi connectivity index (χ0v) is 20.9. The van der Waals surface area contributed by atoms with Crippen LogP contribution in [-0.2, 0) is 19.5 Å². The van der Waals surface area contributed by atoms with Gasteiger partial charge in [0.05, 0.1) is 5.60 Å². The zero-order chi connectivity index (χ0) is 21.0. The monoisotopic (exact) mass is 527 g/mol. The van der Waals surface area contributed by atoms with E-state index in [1.165, 1.54) is 5.56 Å². The highest BCUT2D eigenvalue weighted by atomic mass is 127. The lowest BCUT2D eigenvalue weighted by molar-refractivity contribution is 0.0257. The predicted molar refractivity (Wildman–Crippen MR) is 135 cm³/mol. The molecule has 0 aliphatic heterocycles. The van der Waals surface area contributed by atoms with E-state index in [4.69, 9.17) is 4.99 Å². The van der Waals surface area contributed by atoms with Crippen molar-refractivity contribution in [2.75, 3.05) is 13.1 Å². The summed E-state index contributed by atoms with van der Waals surface area (Å²) in [6, 6.07) is 10.5. The van der Waals surface area contributed by atoms with E-state index in [9.17, 15) is 5.11 Å². The minimum atomic E-state index is -0.687. The molecule has 168 valence electrons. The number of aromatic nitrogens is 2. The topological polar surface area (TPSA) is 74.5 Å². The third kappa shape index (κ3) is 9.04. The van der Waals surface area contributed by atoms with Crippen LogP contribution in [0.1, 0.15) is 57.8 Å². The van der Waals surface area contributed by atoms with Gasteiger partial charge in [-0.25, -0.2) is 9.98 Å². The number of aliphatic hydroxyl groups is 1. The van der Waals surface area contributed by atoms with Crippen LogP contribution in [0.25, 0.3) is 0 Å². The molecule has 1 aromatic carbocycles. The molecule has 0 bridgehead atoms. The molecule has 0 unspecified atom stereocenters. The fourth-order valence-electron chi connectivity index (χ4n) is 3.56. The maximum Gasteiger partial charge on any atom is 0.191 e. The van der Waals surface area contributed by atoms with Gasteiger partial charge in [0, 0.05) is 32.0 Å². The van der Waals surface area contributed by atoms with Crippen LogP contribution in [0.3, 0.4) is 0 Å². The van der Waals surface area contributed by atoms with Crippen molar-refractivity contribution in [2.24, 2.45) is 4.99 Å². The molecule has 1 aromatic heterocycles. The molecule has 0 amide bonds. The number of halogens is 1. The Labute approximate surface area is 198 Å². The molecule has 0 aliphatic rings. The number of nitrogens with one attached hydrogen (secondary N) is 2. The number of rotatable bonds is 12. The highest BCUT2D eigenvalue weighted by Gasteiger charge is 2.24. The maximum atomic E-state index is 10.8. The van der Waals surface area contributed by atoms with E-state index >= 15 is 0 Å². The maximum absolute atomic E-state index is 10.8. The summed E-state index contributed by atoms with van der Waals surface area (Å²) < 4.78 is 2.16. The molecule has 0 atom stereocenters. The van der Waals surface area contributed by atoms with Crippen molar-refractivity contribution >= 4 is 29.9 Å². The lowest BCUT2D eigenvalue weighted by Crippen LogP contribution is -2.47. The molecule has 0 saturated heterocycles. The standard InChI is InChI=1S/C23H37N5O.HI/c1-4-13-23(29,14-5-2)19-27-22(24-6-3)26-18-21-25-15-17-28(21)16-12-20-10-8-7-9-11-20;/h7-11,15,17,29H,4-6,12-14,16,18-19H2,1-3H3,(H2,24,26,27);1H. The summed E-state index contributed by atoms with van der Waals surface area (Å²) in [5.41, 5.74) is 0.630. The molecular formula is C23H38IN5O. The second-order valence-corrected chi connectivity index (χ2v) is 7.55. The first-order valence-electron chi connectivity index (χ1n) is 10.9. The number of aryl methyl sites for hydroxylation is 2. The van der Waals surface area contributed by atoms with Crippen LogP contribution in [0.5, 0.6) is 0 Å². The molecule has 0 spiro atoms. The summed E-state index contributed by atoms with van der Waals surface area (Å²) in [5.74, 6) is 1.66. The Hall–Kier alpha value is -1.61. The van der Waals surface area contributed by atoms with Gasteiger partial charge < -0.3 is 20.3 Å². The predicted octanol–water partition coefficient (Wildman–Crippen LogP) is 4.13. The smallest absolute Gasteiger partial charge is 0.191 e. The molecule has 0 aliphatic carbocycles. The van der Waals surface area contributed by atoms with Crippen molar-refractivity contribution in [3.8, 4) is 0 Å². The van der Waals surface area contributed by atoms with Crippen LogP contribution in [-0.4, -0.2) is 39.3 Å². The number of hydrogen-bond acceptors (Lipinski definition) is 3. The number of benzene rings is 1. The Kier molecular flexibility index (Phi) is 12.7. The number of nitrogens with zero attached hydrogens (tertiary/aromatic N) is 3. The van der Waals surface area contributed by atoms with E-state index in [1.54, 1.807) is 0 Å². The first kappa shape index (κ1) is 26.4. The lowest BCUT2D eigenvalue weighted by Gasteiger charge is -2.28. The molecule has 0 saturated carbocycles. The van der Waals surface area contributed by atoms with Gasteiger partial charge in [0.1, 0.15) is 12.4 Å². The summed E-state index contributed by atoms with van der Waals surface area (Å²) >= 11 is 0. The Balaban J connectivity index is 0.00000450. The third-order valence-electron chi connectivity index (χ3n) is 5.02. The highest BCUT2D eigenvalue weighted by Crippen LogP contribution is 2.18. The largest absolute Gasteiger partial charge is 0.388 e. The van der Waals surface area contributed by atoms with Gasteiger partial charge in [0.15, 0.2) is 5.96 Å². The minimum Gasteiger partial charge on any atom is -0.388 e. The van der Waals surface area contributed by atoms with Gasteiger partial charge in [0.25, 0.3) is 0 Å². The van der Waals surface area contributed by atoms with Gasteiger partial charge in [-0.2, -0.15) is 0 Å².